The molecule has 0 atom stereocenters. The van der Waals surface area contributed by atoms with Crippen molar-refractivity contribution < 1.29 is 0 Å². The summed E-state index contributed by atoms with van der Waals surface area (Å²) in [4.78, 5) is 2.37. The Hall–Kier alpha value is -0.400. The van der Waals surface area contributed by atoms with Crippen LogP contribution in [0.3, 0.4) is 0 Å². The number of halogens is 2. The highest BCUT2D eigenvalue weighted by molar-refractivity contribution is 6.32. The summed E-state index contributed by atoms with van der Waals surface area (Å²) in [5.41, 5.74) is 2.71. The highest BCUT2D eigenvalue weighted by atomic mass is 35.5. The number of benzene rings is 1. The predicted molar refractivity (Wildman–Crippen MR) is 85.4 cm³/mol. The monoisotopic (exact) mass is 299 g/mol. The normalized spacial score (nSPS) is 19.4. The van der Waals surface area contributed by atoms with E-state index >= 15 is 0 Å². The minimum Gasteiger partial charge on any atom is -0.372 e. The molecule has 1 saturated carbocycles. The van der Waals surface area contributed by atoms with Crippen molar-refractivity contribution >= 4 is 28.9 Å². The van der Waals surface area contributed by atoms with Crippen LogP contribution in [0, 0.1) is 5.41 Å². The van der Waals surface area contributed by atoms with Crippen molar-refractivity contribution in [3.63, 3.8) is 0 Å². The van der Waals surface area contributed by atoms with Gasteiger partial charge in [0, 0.05) is 29.7 Å². The average Bonchev–Trinajstić information content (AvgIpc) is 2.38. The molecule has 0 bridgehead atoms. The van der Waals surface area contributed by atoms with Gasteiger partial charge in [-0.3, -0.25) is 0 Å². The Balaban J connectivity index is 2.08. The molecule has 0 saturated heterocycles. The quantitative estimate of drug-likeness (QED) is 0.668. The summed E-state index contributed by atoms with van der Waals surface area (Å²) >= 11 is 12.1. The lowest BCUT2D eigenvalue weighted by atomic mass is 9.75. The summed E-state index contributed by atoms with van der Waals surface area (Å²) in [5, 5.41) is 0.774. The van der Waals surface area contributed by atoms with Gasteiger partial charge in [0.05, 0.1) is 0 Å². The molecule has 0 heterocycles. The third kappa shape index (κ3) is 3.58. The molecule has 1 aliphatic rings. The van der Waals surface area contributed by atoms with Crippen molar-refractivity contribution in [3.05, 3.63) is 28.8 Å². The first-order valence-electron chi connectivity index (χ1n) is 7.00. The van der Waals surface area contributed by atoms with Gasteiger partial charge in [-0.25, -0.2) is 0 Å². The van der Waals surface area contributed by atoms with Gasteiger partial charge in [0.25, 0.3) is 0 Å². The SMILES string of the molecule is CN(c1ccc(CCl)c(Cl)c1)C1CCC(C)(C)CC1. The molecule has 0 unspecified atom stereocenters. The van der Waals surface area contributed by atoms with Crippen LogP contribution in [0.15, 0.2) is 18.2 Å². The number of hydrogen-bond acceptors (Lipinski definition) is 1. The molecule has 19 heavy (non-hydrogen) atoms. The zero-order valence-corrected chi connectivity index (χ0v) is 13.6. The minimum atomic E-state index is 0.473. The predicted octanol–water partition coefficient (Wildman–Crippen LogP) is 5.48. The Morgan fingerprint density at radius 1 is 1.26 bits per heavy atom. The molecular formula is C16H23Cl2N. The first-order chi connectivity index (χ1) is 8.93. The number of rotatable bonds is 3. The molecule has 1 aromatic carbocycles. The van der Waals surface area contributed by atoms with Crippen LogP contribution in [-0.4, -0.2) is 13.1 Å². The number of nitrogens with zero attached hydrogens (tertiary/aromatic N) is 1. The fraction of sp³-hybridized carbons (Fsp3) is 0.625. The fourth-order valence-corrected chi connectivity index (χ4v) is 3.39. The Labute approximate surface area is 126 Å². The highest BCUT2D eigenvalue weighted by Crippen LogP contribution is 2.38. The van der Waals surface area contributed by atoms with Gasteiger partial charge in [0.1, 0.15) is 0 Å². The summed E-state index contributed by atoms with van der Waals surface area (Å²) in [5.74, 6) is 0.473. The van der Waals surface area contributed by atoms with Crippen LogP contribution in [0.25, 0.3) is 0 Å². The number of hydrogen-bond donors (Lipinski definition) is 0. The summed E-state index contributed by atoms with van der Waals surface area (Å²) in [6.45, 7) is 4.74. The van der Waals surface area contributed by atoms with Crippen LogP contribution >= 0.6 is 23.2 Å². The maximum absolute atomic E-state index is 6.25. The topological polar surface area (TPSA) is 3.24 Å². The average molecular weight is 300 g/mol. The smallest absolute Gasteiger partial charge is 0.0488 e. The van der Waals surface area contributed by atoms with E-state index < -0.39 is 0 Å². The molecule has 0 N–H and O–H groups in total. The van der Waals surface area contributed by atoms with E-state index in [4.69, 9.17) is 23.2 Å². The standard InChI is InChI=1S/C16H23Cl2N/c1-16(2)8-6-13(7-9-16)19(3)14-5-4-12(11-17)15(18)10-14/h4-5,10,13H,6-9,11H2,1-3H3. The Kier molecular flexibility index (Phi) is 4.68. The van der Waals surface area contributed by atoms with Gasteiger partial charge in [0.15, 0.2) is 0 Å². The van der Waals surface area contributed by atoms with Gasteiger partial charge in [-0.1, -0.05) is 31.5 Å². The minimum absolute atomic E-state index is 0.473. The maximum Gasteiger partial charge on any atom is 0.0488 e. The van der Waals surface area contributed by atoms with Gasteiger partial charge >= 0.3 is 0 Å². The van der Waals surface area contributed by atoms with Gasteiger partial charge in [-0.05, 0) is 48.8 Å². The molecule has 1 aromatic rings. The second-order valence-electron chi connectivity index (χ2n) is 6.42. The van der Waals surface area contributed by atoms with E-state index in [1.807, 2.05) is 12.1 Å². The van der Waals surface area contributed by atoms with Crippen molar-refractivity contribution in [2.75, 3.05) is 11.9 Å². The Bertz CT molecular complexity index is 432. The van der Waals surface area contributed by atoms with Crippen molar-refractivity contribution in [1.29, 1.82) is 0 Å². The summed E-state index contributed by atoms with van der Waals surface area (Å²) in [6, 6.07) is 6.84. The maximum atomic E-state index is 6.25. The number of alkyl halides is 1. The van der Waals surface area contributed by atoms with E-state index in [0.717, 1.165) is 10.6 Å². The van der Waals surface area contributed by atoms with E-state index in [0.29, 0.717) is 17.3 Å². The van der Waals surface area contributed by atoms with Gasteiger partial charge in [0.2, 0.25) is 0 Å². The van der Waals surface area contributed by atoms with E-state index in [1.54, 1.807) is 0 Å². The third-order valence-corrected chi connectivity index (χ3v) is 5.08. The van der Waals surface area contributed by atoms with Crippen molar-refractivity contribution in [3.8, 4) is 0 Å². The van der Waals surface area contributed by atoms with E-state index in [-0.39, 0.29) is 0 Å². The van der Waals surface area contributed by atoms with Crippen LogP contribution < -0.4 is 4.90 Å². The molecule has 0 amide bonds. The van der Waals surface area contributed by atoms with Gasteiger partial charge in [-0.15, -0.1) is 11.6 Å². The van der Waals surface area contributed by atoms with Crippen molar-refractivity contribution in [1.82, 2.24) is 0 Å². The van der Waals surface area contributed by atoms with Crippen molar-refractivity contribution in [2.24, 2.45) is 5.41 Å². The lowest BCUT2D eigenvalue weighted by Crippen LogP contribution is -2.37. The van der Waals surface area contributed by atoms with Crippen molar-refractivity contribution in [2.45, 2.75) is 51.5 Å². The lowest BCUT2D eigenvalue weighted by Gasteiger charge is -2.39. The van der Waals surface area contributed by atoms with Crippen LogP contribution in [-0.2, 0) is 5.88 Å². The molecule has 0 radical (unpaired) electrons. The highest BCUT2D eigenvalue weighted by Gasteiger charge is 2.28. The van der Waals surface area contributed by atoms with Gasteiger partial charge < -0.3 is 4.90 Å². The third-order valence-electron chi connectivity index (χ3n) is 4.44. The molecule has 0 aliphatic heterocycles. The first kappa shape index (κ1) is 15.0. The second kappa shape index (κ2) is 5.93. The molecule has 106 valence electrons. The molecule has 1 aliphatic carbocycles. The van der Waals surface area contributed by atoms with Gasteiger partial charge in [-0.2, -0.15) is 0 Å². The van der Waals surface area contributed by atoms with Crippen LogP contribution in [0.5, 0.6) is 0 Å². The van der Waals surface area contributed by atoms with E-state index in [9.17, 15) is 0 Å². The first-order valence-corrected chi connectivity index (χ1v) is 7.91. The van der Waals surface area contributed by atoms with E-state index in [1.165, 1.54) is 31.4 Å². The fourth-order valence-electron chi connectivity index (χ4n) is 2.85. The summed E-state index contributed by atoms with van der Waals surface area (Å²) < 4.78 is 0. The molecule has 0 aromatic heterocycles. The van der Waals surface area contributed by atoms with Crippen LogP contribution in [0.1, 0.15) is 45.1 Å². The molecule has 1 nitrogen and oxygen atoms in total. The molecule has 3 heteroatoms. The zero-order chi connectivity index (χ0) is 14.0. The number of anilines is 1. The van der Waals surface area contributed by atoms with E-state index in [2.05, 4.69) is 31.9 Å². The Morgan fingerprint density at radius 3 is 2.42 bits per heavy atom. The molecular weight excluding hydrogens is 277 g/mol. The molecule has 0 spiro atoms. The van der Waals surface area contributed by atoms with Crippen LogP contribution in [0.4, 0.5) is 5.69 Å². The second-order valence-corrected chi connectivity index (χ2v) is 7.09. The molecule has 2 rings (SSSR count). The molecule has 1 fully saturated rings. The summed E-state index contributed by atoms with van der Waals surface area (Å²) in [6.07, 6.45) is 5.13. The lowest BCUT2D eigenvalue weighted by molar-refractivity contribution is 0.222. The summed E-state index contributed by atoms with van der Waals surface area (Å²) in [7, 11) is 2.18. The Morgan fingerprint density at radius 2 is 1.89 bits per heavy atom. The van der Waals surface area contributed by atoms with Crippen LogP contribution in [0.2, 0.25) is 5.02 Å². The zero-order valence-electron chi connectivity index (χ0n) is 12.0. The largest absolute Gasteiger partial charge is 0.372 e.